The molecule has 1 unspecified atom stereocenters. The summed E-state index contributed by atoms with van der Waals surface area (Å²) < 4.78 is -0.00184. The molecule has 0 bridgehead atoms. The Morgan fingerprint density at radius 3 is 2.41 bits per heavy atom. The minimum atomic E-state index is -0.00184. The predicted molar refractivity (Wildman–Crippen MR) is 131 cm³/mol. The van der Waals surface area contributed by atoms with E-state index in [0.717, 1.165) is 24.5 Å². The van der Waals surface area contributed by atoms with Gasteiger partial charge in [-0.1, -0.05) is 61.7 Å². The van der Waals surface area contributed by atoms with Gasteiger partial charge in [0.15, 0.2) is 0 Å². The van der Waals surface area contributed by atoms with Gasteiger partial charge in [-0.25, -0.2) is 0 Å². The molecule has 1 fully saturated rings. The van der Waals surface area contributed by atoms with Gasteiger partial charge >= 0.3 is 0 Å². The number of halogens is 1. The van der Waals surface area contributed by atoms with Crippen molar-refractivity contribution in [1.29, 1.82) is 0 Å². The molecule has 2 heterocycles. The molecule has 0 amide bonds. The topological polar surface area (TPSA) is 3.24 Å². The van der Waals surface area contributed by atoms with Crippen LogP contribution < -0.4 is 0 Å². The van der Waals surface area contributed by atoms with Crippen molar-refractivity contribution < 1.29 is 0 Å². The lowest BCUT2D eigenvalue weighted by Crippen LogP contribution is -2.29. The van der Waals surface area contributed by atoms with Gasteiger partial charge in [0.05, 0.1) is 4.75 Å². The van der Waals surface area contributed by atoms with Gasteiger partial charge < -0.3 is 4.90 Å². The Balaban J connectivity index is 2.12. The zero-order valence-electron chi connectivity index (χ0n) is 19.2. The number of piperidine rings is 1. The van der Waals surface area contributed by atoms with Gasteiger partial charge in [0.1, 0.15) is 0 Å². The standard InChI is InChI=1S/C26H36ClNS/c1-18(9-8-10-19(2)27)26(6)24(20-13-15-28(7)16-14-20)22-17-21(25(3,4)5)11-12-23(22)29-26/h9-12,17H,8,13-16H2,1-7H3/b18-9+,19-10+. The van der Waals surface area contributed by atoms with Crippen LogP contribution in [0.15, 0.2) is 51.4 Å². The van der Waals surface area contributed by atoms with Crippen LogP contribution in [-0.4, -0.2) is 29.8 Å². The smallest absolute Gasteiger partial charge is 0.0639 e. The predicted octanol–water partition coefficient (Wildman–Crippen LogP) is 7.81. The number of hydrogen-bond acceptors (Lipinski definition) is 2. The number of likely N-dealkylation sites (tertiary alicyclic amines) is 1. The molecule has 0 spiro atoms. The van der Waals surface area contributed by atoms with Crippen molar-refractivity contribution in [3.05, 3.63) is 57.7 Å². The molecular formula is C26H36ClNS. The molecule has 0 N–H and O–H groups in total. The normalized spacial score (nSPS) is 24.3. The molecule has 1 saturated heterocycles. The maximum Gasteiger partial charge on any atom is 0.0639 e. The van der Waals surface area contributed by atoms with Gasteiger partial charge in [-0.3, -0.25) is 0 Å². The largest absolute Gasteiger partial charge is 0.306 e. The van der Waals surface area contributed by atoms with E-state index in [-0.39, 0.29) is 10.2 Å². The van der Waals surface area contributed by atoms with E-state index in [2.05, 4.69) is 76.9 Å². The Morgan fingerprint density at radius 2 is 1.83 bits per heavy atom. The minimum Gasteiger partial charge on any atom is -0.306 e. The molecule has 158 valence electrons. The summed E-state index contributed by atoms with van der Waals surface area (Å²) in [5.74, 6) is 0. The highest BCUT2D eigenvalue weighted by molar-refractivity contribution is 8.01. The first-order valence-electron chi connectivity index (χ1n) is 10.8. The zero-order valence-corrected chi connectivity index (χ0v) is 20.7. The maximum atomic E-state index is 6.07. The van der Waals surface area contributed by atoms with Gasteiger partial charge in [-0.15, -0.1) is 11.8 Å². The molecule has 1 atom stereocenters. The quantitative estimate of drug-likeness (QED) is 0.450. The van der Waals surface area contributed by atoms with Gasteiger partial charge in [-0.2, -0.15) is 0 Å². The number of fused-ring (bicyclic) bond motifs is 1. The third-order valence-corrected chi connectivity index (χ3v) is 8.09. The molecule has 29 heavy (non-hydrogen) atoms. The van der Waals surface area contributed by atoms with Gasteiger partial charge in [0.25, 0.3) is 0 Å². The molecular weight excluding hydrogens is 394 g/mol. The third-order valence-electron chi connectivity index (χ3n) is 6.43. The van der Waals surface area contributed by atoms with Gasteiger partial charge in [0.2, 0.25) is 0 Å². The zero-order chi connectivity index (χ0) is 21.4. The number of nitrogens with zero attached hydrogens (tertiary/aromatic N) is 1. The number of hydrogen-bond donors (Lipinski definition) is 0. The Labute approximate surface area is 187 Å². The molecule has 1 nitrogen and oxygen atoms in total. The van der Waals surface area contributed by atoms with Gasteiger partial charge in [0, 0.05) is 23.0 Å². The van der Waals surface area contributed by atoms with Crippen LogP contribution in [0.3, 0.4) is 0 Å². The summed E-state index contributed by atoms with van der Waals surface area (Å²) in [6.45, 7) is 15.9. The van der Waals surface area contributed by atoms with Crippen molar-refractivity contribution in [2.24, 2.45) is 0 Å². The molecule has 0 aromatic heterocycles. The first-order chi connectivity index (χ1) is 13.5. The average Bonchev–Trinajstić information content (AvgIpc) is 2.94. The van der Waals surface area contributed by atoms with E-state index < -0.39 is 0 Å². The highest BCUT2D eigenvalue weighted by Gasteiger charge is 2.42. The van der Waals surface area contributed by atoms with E-state index in [1.54, 1.807) is 11.1 Å². The lowest BCUT2D eigenvalue weighted by Gasteiger charge is -2.33. The summed E-state index contributed by atoms with van der Waals surface area (Å²) >= 11 is 8.10. The summed E-state index contributed by atoms with van der Waals surface area (Å²) in [5.41, 5.74) is 7.73. The van der Waals surface area contributed by atoms with Crippen molar-refractivity contribution in [2.75, 3.05) is 20.1 Å². The summed E-state index contributed by atoms with van der Waals surface area (Å²) in [4.78, 5) is 3.88. The van der Waals surface area contributed by atoms with E-state index in [1.165, 1.54) is 34.4 Å². The van der Waals surface area contributed by atoms with Crippen LogP contribution in [0.25, 0.3) is 5.57 Å². The fraction of sp³-hybridized carbons (Fsp3) is 0.538. The summed E-state index contributed by atoms with van der Waals surface area (Å²) in [6.07, 6.45) is 7.71. The molecule has 1 aromatic carbocycles. The lowest BCUT2D eigenvalue weighted by molar-refractivity contribution is 0.312. The van der Waals surface area contributed by atoms with Crippen LogP contribution in [0, 0.1) is 0 Å². The first kappa shape index (κ1) is 22.7. The summed E-state index contributed by atoms with van der Waals surface area (Å²) in [6, 6.07) is 7.16. The molecule has 3 heteroatoms. The van der Waals surface area contributed by atoms with Crippen molar-refractivity contribution >= 4 is 28.9 Å². The monoisotopic (exact) mass is 429 g/mol. The Bertz CT molecular complexity index is 857. The maximum absolute atomic E-state index is 6.07. The van der Waals surface area contributed by atoms with Crippen LogP contribution in [0.1, 0.15) is 71.9 Å². The van der Waals surface area contributed by atoms with Crippen LogP contribution in [0.2, 0.25) is 0 Å². The van der Waals surface area contributed by atoms with E-state index in [0.29, 0.717) is 0 Å². The SMILES string of the molecule is C/C(Cl)=C\C/C=C(\C)C1(C)Sc2ccc(C(C)(C)C)cc2C1=C1CCN(C)CC1. The number of allylic oxidation sites excluding steroid dienone is 3. The van der Waals surface area contributed by atoms with Crippen LogP contribution in [0.5, 0.6) is 0 Å². The summed E-state index contributed by atoms with van der Waals surface area (Å²) in [5, 5.41) is 0.866. The van der Waals surface area contributed by atoms with Crippen LogP contribution in [-0.2, 0) is 5.41 Å². The molecule has 2 aliphatic rings. The number of thioether (sulfide) groups is 1. The second-order valence-corrected chi connectivity index (χ2v) is 11.8. The number of benzene rings is 1. The van der Waals surface area contributed by atoms with Crippen LogP contribution in [0.4, 0.5) is 0 Å². The van der Waals surface area contributed by atoms with Crippen molar-refractivity contribution in [2.45, 2.75) is 75.9 Å². The molecule has 1 aromatic rings. The van der Waals surface area contributed by atoms with Crippen molar-refractivity contribution in [3.63, 3.8) is 0 Å². The minimum absolute atomic E-state index is 0.00184. The van der Waals surface area contributed by atoms with Crippen LogP contribution >= 0.6 is 23.4 Å². The molecule has 0 aliphatic carbocycles. The van der Waals surface area contributed by atoms with E-state index >= 15 is 0 Å². The lowest BCUT2D eigenvalue weighted by atomic mass is 9.79. The van der Waals surface area contributed by atoms with E-state index in [9.17, 15) is 0 Å². The highest BCUT2D eigenvalue weighted by atomic mass is 35.5. The fourth-order valence-corrected chi connectivity index (χ4v) is 5.88. The summed E-state index contributed by atoms with van der Waals surface area (Å²) in [7, 11) is 2.24. The van der Waals surface area contributed by atoms with Crippen molar-refractivity contribution in [1.82, 2.24) is 4.90 Å². The average molecular weight is 430 g/mol. The first-order valence-corrected chi connectivity index (χ1v) is 12.0. The Kier molecular flexibility index (Phi) is 6.78. The Morgan fingerprint density at radius 1 is 1.17 bits per heavy atom. The molecule has 2 aliphatic heterocycles. The molecule has 0 radical (unpaired) electrons. The fourth-order valence-electron chi connectivity index (χ4n) is 4.35. The molecule has 0 saturated carbocycles. The second kappa shape index (κ2) is 8.65. The van der Waals surface area contributed by atoms with E-state index in [4.69, 9.17) is 11.6 Å². The Hall–Kier alpha value is -0.960. The van der Waals surface area contributed by atoms with E-state index in [1.807, 2.05) is 18.7 Å². The number of rotatable bonds is 3. The third kappa shape index (κ3) is 4.86. The van der Waals surface area contributed by atoms with Gasteiger partial charge in [-0.05, 0) is 81.3 Å². The van der Waals surface area contributed by atoms with Crippen molar-refractivity contribution in [3.8, 4) is 0 Å². The highest BCUT2D eigenvalue weighted by Crippen LogP contribution is 2.58. The molecule has 3 rings (SSSR count). The second-order valence-electron chi connectivity index (χ2n) is 9.79.